The molecule has 0 spiro atoms. The van der Waals surface area contributed by atoms with Gasteiger partial charge < -0.3 is 4.57 Å². The summed E-state index contributed by atoms with van der Waals surface area (Å²) in [6, 6.07) is 22.7. The van der Waals surface area contributed by atoms with Crippen LogP contribution in [0.3, 0.4) is 0 Å². The van der Waals surface area contributed by atoms with E-state index in [-0.39, 0.29) is 31.7 Å². The van der Waals surface area contributed by atoms with Gasteiger partial charge in [-0.05, 0) is 36.4 Å². The first kappa shape index (κ1) is 18.1. The van der Waals surface area contributed by atoms with Crippen molar-refractivity contribution in [1.82, 2.24) is 14.8 Å². The number of hydrogen-bond acceptors (Lipinski definition) is 2. The number of aromatic nitrogens is 3. The molecule has 4 aromatic rings. The maximum Gasteiger partial charge on any atom is 0.159 e. The molecule has 0 aliphatic heterocycles. The van der Waals surface area contributed by atoms with Crippen LogP contribution in [0.1, 0.15) is 0 Å². The zero-order chi connectivity index (χ0) is 17.2. The Morgan fingerprint density at radius 2 is 1.38 bits per heavy atom. The van der Waals surface area contributed by atoms with Gasteiger partial charge in [0.2, 0.25) is 0 Å². The van der Waals surface area contributed by atoms with Crippen molar-refractivity contribution >= 4 is 0 Å². The molecule has 6 heteroatoms. The summed E-state index contributed by atoms with van der Waals surface area (Å²) in [7, 11) is 0. The van der Waals surface area contributed by atoms with Crippen LogP contribution < -0.4 is 0 Å². The van der Waals surface area contributed by atoms with Crippen molar-refractivity contribution in [3.63, 3.8) is 0 Å². The van der Waals surface area contributed by atoms with E-state index in [1.807, 2.05) is 34.9 Å². The van der Waals surface area contributed by atoms with Gasteiger partial charge in [0.15, 0.2) is 5.82 Å². The molecule has 1 aromatic heterocycles. The molecule has 1 radical (unpaired) electrons. The van der Waals surface area contributed by atoms with Crippen LogP contribution in [0.25, 0.3) is 28.5 Å². The van der Waals surface area contributed by atoms with E-state index >= 15 is 0 Å². The molecular formula is C20H12F2IrN3-. The SMILES string of the molecule is Fc1c[c-]c(-c2nnc(-c3ccc(F)cc3)n2-c2ccccc2)cc1.[Ir]. The van der Waals surface area contributed by atoms with E-state index < -0.39 is 0 Å². The Bertz CT molecular complexity index is 935. The molecule has 0 unspecified atom stereocenters. The van der Waals surface area contributed by atoms with Gasteiger partial charge in [-0.2, -0.15) is 5.10 Å². The van der Waals surface area contributed by atoms with Crippen LogP contribution in [0.5, 0.6) is 0 Å². The van der Waals surface area contributed by atoms with Gasteiger partial charge in [-0.3, -0.25) is 4.39 Å². The molecule has 4 rings (SSSR count). The fourth-order valence-electron chi connectivity index (χ4n) is 2.61. The molecule has 3 aromatic carbocycles. The van der Waals surface area contributed by atoms with Crippen LogP contribution in [-0.2, 0) is 20.1 Å². The topological polar surface area (TPSA) is 30.7 Å². The maximum atomic E-state index is 13.3. The number of nitrogens with zero attached hydrogens (tertiary/aromatic N) is 3. The van der Waals surface area contributed by atoms with Gasteiger partial charge in [-0.1, -0.05) is 18.2 Å². The zero-order valence-electron chi connectivity index (χ0n) is 13.4. The van der Waals surface area contributed by atoms with Crippen molar-refractivity contribution in [3.05, 3.63) is 90.5 Å². The average molecular weight is 525 g/mol. The molecular weight excluding hydrogens is 512 g/mol. The summed E-state index contributed by atoms with van der Waals surface area (Å²) in [6.07, 6.45) is 0. The average Bonchev–Trinajstić information content (AvgIpc) is 3.09. The van der Waals surface area contributed by atoms with E-state index in [0.717, 1.165) is 11.3 Å². The van der Waals surface area contributed by atoms with Gasteiger partial charge in [0.05, 0.1) is 5.82 Å². The first-order chi connectivity index (χ1) is 12.2. The summed E-state index contributed by atoms with van der Waals surface area (Å²) in [5.74, 6) is 0.416. The van der Waals surface area contributed by atoms with Crippen LogP contribution in [-0.4, -0.2) is 14.8 Å². The Balaban J connectivity index is 0.00000196. The number of benzene rings is 3. The van der Waals surface area contributed by atoms with Crippen molar-refractivity contribution < 1.29 is 28.9 Å². The molecule has 0 fully saturated rings. The Hall–Kier alpha value is -2.69. The second kappa shape index (κ2) is 7.68. The largest absolute Gasteiger partial charge is 0.316 e. The van der Waals surface area contributed by atoms with Crippen molar-refractivity contribution in [2.24, 2.45) is 0 Å². The van der Waals surface area contributed by atoms with Gasteiger partial charge in [0, 0.05) is 37.2 Å². The third kappa shape index (κ3) is 3.47. The smallest absolute Gasteiger partial charge is 0.159 e. The minimum absolute atomic E-state index is 0. The quantitative estimate of drug-likeness (QED) is 0.365. The van der Waals surface area contributed by atoms with Crippen molar-refractivity contribution in [1.29, 1.82) is 0 Å². The molecule has 0 aliphatic carbocycles. The fourth-order valence-corrected chi connectivity index (χ4v) is 2.61. The van der Waals surface area contributed by atoms with Gasteiger partial charge in [0.25, 0.3) is 0 Å². The van der Waals surface area contributed by atoms with Crippen LogP contribution in [0.15, 0.2) is 72.8 Å². The van der Waals surface area contributed by atoms with Gasteiger partial charge in [-0.15, -0.1) is 34.9 Å². The fraction of sp³-hybridized carbons (Fsp3) is 0. The molecule has 26 heavy (non-hydrogen) atoms. The molecule has 0 aliphatic rings. The number of para-hydroxylation sites is 1. The zero-order valence-corrected chi connectivity index (χ0v) is 15.8. The van der Waals surface area contributed by atoms with E-state index in [1.165, 1.54) is 24.3 Å². The molecule has 131 valence electrons. The third-order valence-electron chi connectivity index (χ3n) is 3.80. The Kier molecular flexibility index (Phi) is 5.35. The summed E-state index contributed by atoms with van der Waals surface area (Å²) in [4.78, 5) is 0. The van der Waals surface area contributed by atoms with Gasteiger partial charge >= 0.3 is 0 Å². The normalized spacial score (nSPS) is 10.4. The molecule has 0 amide bonds. The van der Waals surface area contributed by atoms with Crippen LogP contribution in [0, 0.1) is 17.7 Å². The summed E-state index contributed by atoms with van der Waals surface area (Å²) >= 11 is 0. The Morgan fingerprint density at radius 3 is 2.04 bits per heavy atom. The standard InChI is InChI=1S/C20H12F2N3.Ir/c21-16-10-6-14(7-11-16)19-23-24-20(15-8-12-17(22)13-9-15)25(19)18-4-2-1-3-5-18;/h1-8,10-13H;/q-1;. The van der Waals surface area contributed by atoms with E-state index in [2.05, 4.69) is 16.3 Å². The first-order valence-corrected chi connectivity index (χ1v) is 7.67. The van der Waals surface area contributed by atoms with E-state index in [9.17, 15) is 8.78 Å². The molecule has 1 heterocycles. The molecule has 0 saturated heterocycles. The molecule has 0 N–H and O–H groups in total. The van der Waals surface area contributed by atoms with E-state index in [1.54, 1.807) is 18.2 Å². The number of rotatable bonds is 3. The Morgan fingerprint density at radius 1 is 0.731 bits per heavy atom. The Labute approximate surface area is 162 Å². The summed E-state index contributed by atoms with van der Waals surface area (Å²) in [5, 5.41) is 8.52. The van der Waals surface area contributed by atoms with E-state index in [4.69, 9.17) is 0 Å². The van der Waals surface area contributed by atoms with Crippen LogP contribution in [0.4, 0.5) is 8.78 Å². The van der Waals surface area contributed by atoms with Crippen molar-refractivity contribution in [2.45, 2.75) is 0 Å². The molecule has 0 bridgehead atoms. The summed E-state index contributed by atoms with van der Waals surface area (Å²) < 4.78 is 28.3. The molecule has 0 saturated carbocycles. The first-order valence-electron chi connectivity index (χ1n) is 7.67. The van der Waals surface area contributed by atoms with Crippen LogP contribution in [0.2, 0.25) is 0 Å². The van der Waals surface area contributed by atoms with E-state index in [0.29, 0.717) is 17.2 Å². The monoisotopic (exact) mass is 525 g/mol. The second-order valence-corrected chi connectivity index (χ2v) is 5.45. The third-order valence-corrected chi connectivity index (χ3v) is 3.80. The predicted octanol–water partition coefficient (Wildman–Crippen LogP) is 4.68. The van der Waals surface area contributed by atoms with Crippen molar-refractivity contribution in [3.8, 4) is 28.5 Å². The van der Waals surface area contributed by atoms with Gasteiger partial charge in [0.1, 0.15) is 5.82 Å². The molecule has 3 nitrogen and oxygen atoms in total. The minimum Gasteiger partial charge on any atom is -0.316 e. The maximum absolute atomic E-state index is 13.3. The predicted molar refractivity (Wildman–Crippen MR) is 91.0 cm³/mol. The van der Waals surface area contributed by atoms with Gasteiger partial charge in [-0.25, -0.2) is 4.39 Å². The van der Waals surface area contributed by atoms with Crippen molar-refractivity contribution in [2.75, 3.05) is 0 Å². The summed E-state index contributed by atoms with van der Waals surface area (Å²) in [5.41, 5.74) is 2.19. The van der Waals surface area contributed by atoms with Crippen LogP contribution >= 0.6 is 0 Å². The number of hydrogen-bond donors (Lipinski definition) is 0. The second-order valence-electron chi connectivity index (χ2n) is 5.45. The number of halogens is 2. The minimum atomic E-state index is -0.367. The summed E-state index contributed by atoms with van der Waals surface area (Å²) in [6.45, 7) is 0. The molecule has 0 atom stereocenters.